The van der Waals surface area contributed by atoms with E-state index in [0.29, 0.717) is 5.56 Å². The van der Waals surface area contributed by atoms with E-state index >= 15 is 0 Å². The fourth-order valence-corrected chi connectivity index (χ4v) is 3.11. The number of ether oxygens (including phenoxy) is 3. The number of nitrogens with one attached hydrogen (secondary N) is 2. The summed E-state index contributed by atoms with van der Waals surface area (Å²) in [4.78, 5) is 61.2. The minimum Gasteiger partial charge on any atom is -0.468 e. The van der Waals surface area contributed by atoms with E-state index in [9.17, 15) is 28.4 Å². The average molecular weight is 454 g/mol. The number of amides is 2. The van der Waals surface area contributed by atoms with Crippen LogP contribution in [0.3, 0.4) is 0 Å². The lowest BCUT2D eigenvalue weighted by Crippen LogP contribution is -2.56. The lowest BCUT2D eigenvalue weighted by atomic mass is 9.87. The highest BCUT2D eigenvalue weighted by molar-refractivity contribution is 5.97. The van der Waals surface area contributed by atoms with E-state index in [-0.39, 0.29) is 6.42 Å². The molecule has 0 fully saturated rings. The lowest BCUT2D eigenvalue weighted by molar-refractivity contribution is -0.163. The van der Waals surface area contributed by atoms with Gasteiger partial charge >= 0.3 is 17.9 Å². The van der Waals surface area contributed by atoms with Crippen LogP contribution < -0.4 is 10.6 Å². The molecule has 0 saturated heterocycles. The van der Waals surface area contributed by atoms with Crippen LogP contribution in [-0.2, 0) is 44.6 Å². The lowest BCUT2D eigenvalue weighted by Gasteiger charge is -2.28. The Morgan fingerprint density at radius 3 is 1.97 bits per heavy atom. The van der Waals surface area contributed by atoms with Crippen molar-refractivity contribution in [2.24, 2.45) is 11.8 Å². The summed E-state index contributed by atoms with van der Waals surface area (Å²) < 4.78 is 27.5. The molecule has 1 aromatic carbocycles. The van der Waals surface area contributed by atoms with Gasteiger partial charge in [0.2, 0.25) is 11.8 Å². The maximum absolute atomic E-state index is 13.5. The van der Waals surface area contributed by atoms with Crippen LogP contribution in [0.15, 0.2) is 24.3 Å². The molecule has 10 nitrogen and oxygen atoms in total. The largest absolute Gasteiger partial charge is 0.468 e. The van der Waals surface area contributed by atoms with E-state index in [1.165, 1.54) is 32.0 Å². The van der Waals surface area contributed by atoms with E-state index < -0.39 is 59.5 Å². The van der Waals surface area contributed by atoms with Crippen molar-refractivity contribution in [1.82, 2.24) is 10.6 Å². The molecule has 0 aliphatic rings. The molecule has 0 radical (unpaired) electrons. The molecule has 0 unspecified atom stereocenters. The molecule has 0 aromatic heterocycles. The number of halogens is 1. The Hall–Kier alpha value is -3.50. The first-order valence-electron chi connectivity index (χ1n) is 9.61. The van der Waals surface area contributed by atoms with Crippen LogP contribution in [-0.4, -0.2) is 63.1 Å². The van der Waals surface area contributed by atoms with E-state index in [2.05, 4.69) is 20.1 Å². The number of hydrogen-bond acceptors (Lipinski definition) is 8. The highest BCUT2D eigenvalue weighted by Gasteiger charge is 2.43. The second-order valence-electron chi connectivity index (χ2n) is 6.98. The predicted octanol–water partition coefficient (Wildman–Crippen LogP) is 0.129. The molecular formula is C21H27FN2O8. The molecule has 0 saturated carbocycles. The molecule has 32 heavy (non-hydrogen) atoms. The third-order valence-corrected chi connectivity index (χ3v) is 4.74. The van der Waals surface area contributed by atoms with Gasteiger partial charge in [-0.25, -0.2) is 9.18 Å². The molecule has 0 spiro atoms. The predicted molar refractivity (Wildman–Crippen MR) is 108 cm³/mol. The summed E-state index contributed by atoms with van der Waals surface area (Å²) in [5.74, 6) is -7.39. The van der Waals surface area contributed by atoms with Crippen LogP contribution >= 0.6 is 0 Å². The summed E-state index contributed by atoms with van der Waals surface area (Å²) in [5.41, 5.74) is 0.420. The standard InChI is InChI=1S/C21H27FN2O8/c1-11(16(19(27)30-3)20(28)31-4)17(21(29)32-5)24-18(26)15(23-12(2)25)10-13-7-6-8-14(22)9-13/h6-9,11,15-17H,10H2,1-5H3,(H,23,25)(H,24,26)/t11-,15-,17+/m1/s1. The van der Waals surface area contributed by atoms with Gasteiger partial charge in [-0.3, -0.25) is 19.2 Å². The van der Waals surface area contributed by atoms with Crippen LogP contribution in [0.4, 0.5) is 4.39 Å². The van der Waals surface area contributed by atoms with E-state index in [1.807, 2.05) is 0 Å². The molecule has 0 bridgehead atoms. The van der Waals surface area contributed by atoms with Crippen molar-refractivity contribution in [2.75, 3.05) is 21.3 Å². The van der Waals surface area contributed by atoms with Crippen molar-refractivity contribution < 1.29 is 42.6 Å². The summed E-state index contributed by atoms with van der Waals surface area (Å²) in [6.45, 7) is 2.55. The minimum atomic E-state index is -1.53. The van der Waals surface area contributed by atoms with Crippen molar-refractivity contribution in [2.45, 2.75) is 32.4 Å². The van der Waals surface area contributed by atoms with Crippen LogP contribution in [0.5, 0.6) is 0 Å². The molecule has 0 aliphatic heterocycles. The molecular weight excluding hydrogens is 427 g/mol. The molecule has 3 atom stereocenters. The highest BCUT2D eigenvalue weighted by Crippen LogP contribution is 2.21. The summed E-state index contributed by atoms with van der Waals surface area (Å²) in [5, 5.41) is 4.85. The second kappa shape index (κ2) is 12.4. The molecule has 176 valence electrons. The van der Waals surface area contributed by atoms with Gasteiger partial charge in [0.25, 0.3) is 0 Å². The van der Waals surface area contributed by atoms with E-state index in [1.54, 1.807) is 6.07 Å². The number of rotatable bonds is 10. The minimum absolute atomic E-state index is 0.0805. The Bertz CT molecular complexity index is 844. The Labute approximate surface area is 184 Å². The summed E-state index contributed by atoms with van der Waals surface area (Å²) >= 11 is 0. The molecule has 1 rings (SSSR count). The van der Waals surface area contributed by atoms with Crippen molar-refractivity contribution in [1.29, 1.82) is 0 Å². The normalized spacial score (nSPS) is 13.3. The topological polar surface area (TPSA) is 137 Å². The Balaban J connectivity index is 3.21. The molecule has 2 N–H and O–H groups in total. The third-order valence-electron chi connectivity index (χ3n) is 4.74. The summed E-state index contributed by atoms with van der Waals surface area (Å²) in [7, 11) is 3.18. The highest BCUT2D eigenvalue weighted by atomic mass is 19.1. The first-order valence-corrected chi connectivity index (χ1v) is 9.61. The number of methoxy groups -OCH3 is 3. The first kappa shape index (κ1) is 26.5. The van der Waals surface area contributed by atoms with Crippen LogP contribution in [0, 0.1) is 17.7 Å². The summed E-state index contributed by atoms with van der Waals surface area (Å²) in [6.07, 6.45) is -0.0805. The zero-order valence-electron chi connectivity index (χ0n) is 18.5. The van der Waals surface area contributed by atoms with Crippen LogP contribution in [0.1, 0.15) is 19.4 Å². The van der Waals surface area contributed by atoms with Gasteiger partial charge in [0.1, 0.15) is 17.9 Å². The van der Waals surface area contributed by atoms with Crippen molar-refractivity contribution >= 4 is 29.7 Å². The maximum Gasteiger partial charge on any atom is 0.328 e. The van der Waals surface area contributed by atoms with Gasteiger partial charge in [-0.15, -0.1) is 0 Å². The van der Waals surface area contributed by atoms with Gasteiger partial charge < -0.3 is 24.8 Å². The van der Waals surface area contributed by atoms with Crippen molar-refractivity contribution in [3.05, 3.63) is 35.6 Å². The molecule has 1 aromatic rings. The molecule has 0 aliphatic carbocycles. The molecule has 2 amide bonds. The molecule has 11 heteroatoms. The molecule has 0 heterocycles. The smallest absolute Gasteiger partial charge is 0.328 e. The monoisotopic (exact) mass is 454 g/mol. The zero-order chi connectivity index (χ0) is 24.4. The fourth-order valence-electron chi connectivity index (χ4n) is 3.11. The van der Waals surface area contributed by atoms with Crippen LogP contribution in [0.25, 0.3) is 0 Å². The quantitative estimate of drug-likeness (QED) is 0.289. The second-order valence-corrected chi connectivity index (χ2v) is 6.98. The van der Waals surface area contributed by atoms with Crippen LogP contribution in [0.2, 0.25) is 0 Å². The van der Waals surface area contributed by atoms with Gasteiger partial charge in [-0.1, -0.05) is 19.1 Å². The maximum atomic E-state index is 13.5. The van der Waals surface area contributed by atoms with Crippen molar-refractivity contribution in [3.63, 3.8) is 0 Å². The number of carbonyl (C=O) groups excluding carboxylic acids is 5. The number of hydrogen-bond donors (Lipinski definition) is 2. The zero-order valence-corrected chi connectivity index (χ0v) is 18.5. The number of esters is 3. The van der Waals surface area contributed by atoms with Gasteiger partial charge in [-0.2, -0.15) is 0 Å². The average Bonchev–Trinajstić information content (AvgIpc) is 2.75. The Kier molecular flexibility index (Phi) is 10.3. The Morgan fingerprint density at radius 2 is 1.50 bits per heavy atom. The first-order chi connectivity index (χ1) is 15.0. The third kappa shape index (κ3) is 7.33. The number of carbonyl (C=O) groups is 5. The van der Waals surface area contributed by atoms with E-state index in [0.717, 1.165) is 21.3 Å². The fraction of sp³-hybridized carbons (Fsp3) is 0.476. The number of benzene rings is 1. The summed E-state index contributed by atoms with van der Waals surface area (Å²) in [6, 6.07) is 2.81. The van der Waals surface area contributed by atoms with Gasteiger partial charge in [0.05, 0.1) is 21.3 Å². The van der Waals surface area contributed by atoms with Gasteiger partial charge in [-0.05, 0) is 17.7 Å². The van der Waals surface area contributed by atoms with Gasteiger partial charge in [0, 0.05) is 19.3 Å². The SMILES string of the molecule is COC(=O)C(C(=O)OC)[C@@H](C)[C@H](NC(=O)[C@@H](Cc1cccc(F)c1)NC(C)=O)C(=O)OC. The van der Waals surface area contributed by atoms with Crippen molar-refractivity contribution in [3.8, 4) is 0 Å². The Morgan fingerprint density at radius 1 is 0.938 bits per heavy atom. The van der Waals surface area contributed by atoms with E-state index in [4.69, 9.17) is 4.74 Å². The van der Waals surface area contributed by atoms with Gasteiger partial charge in [0.15, 0.2) is 5.92 Å².